The van der Waals surface area contributed by atoms with Crippen LogP contribution in [0.1, 0.15) is 0 Å². The molecule has 0 aliphatic heterocycles. The lowest BCUT2D eigenvalue weighted by molar-refractivity contribution is 0.0902. The van der Waals surface area contributed by atoms with Crippen molar-refractivity contribution in [2.45, 2.75) is 25.9 Å². The Morgan fingerprint density at radius 1 is 1.50 bits per heavy atom. The van der Waals surface area contributed by atoms with E-state index < -0.39 is 0 Å². The van der Waals surface area contributed by atoms with E-state index in [4.69, 9.17) is 10.6 Å². The van der Waals surface area contributed by atoms with Gasteiger partial charge in [-0.2, -0.15) is 0 Å². The Bertz CT molecular complexity index is 513. The molecule has 2 aromatic rings. The average Bonchev–Trinajstić information content (AvgIpc) is 2.76. The van der Waals surface area contributed by atoms with Crippen LogP contribution in [0, 0.1) is 0 Å². The Hall–Kier alpha value is -1.44. The number of fused-ring (bicyclic) bond motifs is 1. The molecular weight excluding hydrogens is 246 g/mol. The molecule has 0 fully saturated rings. The molecule has 0 saturated carbocycles. The number of rotatable bonds is 6. The summed E-state index contributed by atoms with van der Waals surface area (Å²) in [6.07, 6.45) is 3.53. The lowest BCUT2D eigenvalue weighted by Crippen LogP contribution is -2.10. The third-order valence-corrected chi connectivity index (χ3v) is 3.79. The fourth-order valence-electron chi connectivity index (χ4n) is 1.57. The molecule has 0 aromatic carbocycles. The second-order valence-corrected chi connectivity index (χ2v) is 7.30. The van der Waals surface area contributed by atoms with Gasteiger partial charge in [0.1, 0.15) is 12.2 Å². The summed E-state index contributed by atoms with van der Waals surface area (Å²) < 4.78 is 7.58. The van der Waals surface area contributed by atoms with Gasteiger partial charge in [-0.15, -0.1) is 0 Å². The van der Waals surface area contributed by atoms with E-state index in [1.807, 2.05) is 16.8 Å². The summed E-state index contributed by atoms with van der Waals surface area (Å²) in [4.78, 5) is 8.61. The Kier molecular flexibility index (Phi) is 4.29. The largest absolute Gasteiger partial charge is 0.361 e. The molecule has 0 bridgehead atoms. The Balaban J connectivity index is 2.01. The van der Waals surface area contributed by atoms with Gasteiger partial charge in [0.15, 0.2) is 11.5 Å². The summed E-state index contributed by atoms with van der Waals surface area (Å²) in [5.74, 6) is 5.85. The van der Waals surface area contributed by atoms with Crippen LogP contribution >= 0.6 is 0 Å². The number of aromatic nitrogens is 3. The predicted octanol–water partition coefficient (Wildman–Crippen LogP) is 1.45. The number of nitrogens with one attached hydrogen (secondary N) is 1. The van der Waals surface area contributed by atoms with E-state index in [-0.39, 0.29) is 8.80 Å². The average molecular weight is 264 g/mol. The number of anilines is 1. The van der Waals surface area contributed by atoms with E-state index in [1.165, 1.54) is 0 Å². The number of ether oxygens (including phenoxy) is 1. The summed E-state index contributed by atoms with van der Waals surface area (Å²) in [6, 6.07) is 3.07. The molecule has 0 aliphatic rings. The molecule has 0 unspecified atom stereocenters. The molecule has 2 heterocycles. The number of hydrogen-bond acceptors (Lipinski definition) is 5. The van der Waals surface area contributed by atoms with Crippen molar-refractivity contribution in [3.8, 4) is 0 Å². The summed E-state index contributed by atoms with van der Waals surface area (Å²) in [6.45, 7) is 5.89. The van der Waals surface area contributed by atoms with Crippen LogP contribution in [0.2, 0.25) is 19.1 Å². The van der Waals surface area contributed by atoms with Crippen LogP contribution in [0.3, 0.4) is 0 Å². The zero-order valence-electron chi connectivity index (χ0n) is 10.7. The Morgan fingerprint density at radius 2 is 2.33 bits per heavy atom. The maximum atomic E-state index is 5.63. The third kappa shape index (κ3) is 3.06. The van der Waals surface area contributed by atoms with Crippen LogP contribution in [-0.2, 0) is 11.5 Å². The van der Waals surface area contributed by atoms with Crippen molar-refractivity contribution >= 4 is 25.8 Å². The number of nitrogens with two attached hydrogens (primary N) is 1. The van der Waals surface area contributed by atoms with E-state index >= 15 is 0 Å². The molecule has 6 nitrogen and oxygen atoms in total. The van der Waals surface area contributed by atoms with E-state index in [9.17, 15) is 0 Å². The van der Waals surface area contributed by atoms with Gasteiger partial charge < -0.3 is 14.7 Å². The van der Waals surface area contributed by atoms with E-state index in [0.717, 1.165) is 23.8 Å². The Labute approximate surface area is 108 Å². The summed E-state index contributed by atoms with van der Waals surface area (Å²) in [7, 11) is -0.211. The molecule has 18 heavy (non-hydrogen) atoms. The molecule has 1 radical (unpaired) electrons. The quantitative estimate of drug-likeness (QED) is 0.357. The van der Waals surface area contributed by atoms with Gasteiger partial charge in [-0.3, -0.25) is 0 Å². The van der Waals surface area contributed by atoms with Crippen LogP contribution in [0.25, 0.3) is 11.2 Å². The molecule has 0 saturated heterocycles. The monoisotopic (exact) mass is 264 g/mol. The smallest absolute Gasteiger partial charge is 0.160 e. The van der Waals surface area contributed by atoms with Gasteiger partial charge >= 0.3 is 0 Å². The van der Waals surface area contributed by atoms with Crippen LogP contribution in [0.15, 0.2) is 18.5 Å². The van der Waals surface area contributed by atoms with Gasteiger partial charge in [-0.1, -0.05) is 13.1 Å². The first-order chi connectivity index (χ1) is 8.70. The maximum absolute atomic E-state index is 5.63. The fraction of sp³-hybridized carbons (Fsp3) is 0.455. The normalized spacial score (nSPS) is 11.3. The van der Waals surface area contributed by atoms with Gasteiger partial charge in [0.25, 0.3) is 0 Å². The summed E-state index contributed by atoms with van der Waals surface area (Å²) >= 11 is 0. The molecule has 2 aromatic heterocycles. The molecule has 7 heteroatoms. The highest BCUT2D eigenvalue weighted by Gasteiger charge is 2.05. The molecule has 0 spiro atoms. The molecule has 0 aliphatic carbocycles. The number of nitrogen functional groups attached to an aromatic ring is 1. The summed E-state index contributed by atoms with van der Waals surface area (Å²) in [5, 5.41) is 0. The van der Waals surface area contributed by atoms with Crippen molar-refractivity contribution in [1.82, 2.24) is 14.5 Å². The lowest BCUT2D eigenvalue weighted by Gasteiger charge is -2.07. The van der Waals surface area contributed by atoms with E-state index in [1.54, 1.807) is 6.20 Å². The SMILES string of the molecule is C[Si](C)CCOCn1ccc2nc(NN)cnc21. The maximum Gasteiger partial charge on any atom is 0.160 e. The van der Waals surface area contributed by atoms with Crippen molar-refractivity contribution < 1.29 is 4.74 Å². The highest BCUT2D eigenvalue weighted by Crippen LogP contribution is 2.13. The first kappa shape index (κ1) is 13.0. The second-order valence-electron chi connectivity index (χ2n) is 4.39. The standard InChI is InChI=1S/C11H18N5OSi/c1-18(2)6-5-17-8-16-4-3-9-11(16)13-7-10(14-9)15-12/h3-4,7H,5-6,8,12H2,1-2H3,(H,14,15). The van der Waals surface area contributed by atoms with Crippen LogP contribution in [0.4, 0.5) is 5.82 Å². The Morgan fingerprint density at radius 3 is 3.06 bits per heavy atom. The van der Waals surface area contributed by atoms with Crippen molar-refractivity contribution in [3.63, 3.8) is 0 Å². The molecule has 0 amide bonds. The molecule has 0 atom stereocenters. The highest BCUT2D eigenvalue weighted by atomic mass is 28.3. The van der Waals surface area contributed by atoms with Crippen molar-refractivity contribution in [1.29, 1.82) is 0 Å². The summed E-state index contributed by atoms with van der Waals surface area (Å²) in [5.41, 5.74) is 4.10. The number of nitrogens with zero attached hydrogens (tertiary/aromatic N) is 3. The van der Waals surface area contributed by atoms with Crippen LogP contribution < -0.4 is 11.3 Å². The highest BCUT2D eigenvalue weighted by molar-refractivity contribution is 6.55. The first-order valence-corrected chi connectivity index (χ1v) is 8.56. The van der Waals surface area contributed by atoms with Gasteiger partial charge in [0.05, 0.1) is 6.20 Å². The lowest BCUT2D eigenvalue weighted by atomic mass is 10.5. The minimum atomic E-state index is -0.211. The number of hydrazine groups is 1. The third-order valence-electron chi connectivity index (χ3n) is 2.59. The van der Waals surface area contributed by atoms with E-state index in [2.05, 4.69) is 28.5 Å². The van der Waals surface area contributed by atoms with E-state index in [0.29, 0.717) is 12.5 Å². The zero-order chi connectivity index (χ0) is 13.0. The molecule has 2 rings (SSSR count). The fourth-order valence-corrected chi connectivity index (χ4v) is 2.13. The predicted molar refractivity (Wildman–Crippen MR) is 73.6 cm³/mol. The topological polar surface area (TPSA) is 78.0 Å². The van der Waals surface area contributed by atoms with Gasteiger partial charge in [0.2, 0.25) is 0 Å². The zero-order valence-corrected chi connectivity index (χ0v) is 11.7. The minimum absolute atomic E-state index is 0.211. The molecule has 3 N–H and O–H groups in total. The first-order valence-electron chi connectivity index (χ1n) is 5.86. The van der Waals surface area contributed by atoms with Gasteiger partial charge in [0, 0.05) is 21.6 Å². The molecular formula is C11H18N5OSi. The van der Waals surface area contributed by atoms with Crippen molar-refractivity contribution in [2.24, 2.45) is 5.84 Å². The second kappa shape index (κ2) is 5.94. The number of hydrogen-bond donors (Lipinski definition) is 2. The van der Waals surface area contributed by atoms with Crippen LogP contribution in [-0.4, -0.2) is 29.9 Å². The van der Waals surface area contributed by atoms with Crippen molar-refractivity contribution in [2.75, 3.05) is 12.0 Å². The van der Waals surface area contributed by atoms with Gasteiger partial charge in [-0.05, 0) is 12.1 Å². The minimum Gasteiger partial charge on any atom is -0.361 e. The molecule has 97 valence electrons. The van der Waals surface area contributed by atoms with Gasteiger partial charge in [-0.25, -0.2) is 15.8 Å². The van der Waals surface area contributed by atoms with Crippen molar-refractivity contribution in [3.05, 3.63) is 18.5 Å². The van der Waals surface area contributed by atoms with Crippen LogP contribution in [0.5, 0.6) is 0 Å².